The first kappa shape index (κ1) is 11.8. The molecule has 1 N–H and O–H groups in total. The summed E-state index contributed by atoms with van der Waals surface area (Å²) in [6.07, 6.45) is 12.2. The summed E-state index contributed by atoms with van der Waals surface area (Å²) in [5, 5.41) is 3.37. The molecule has 1 heterocycles. The van der Waals surface area contributed by atoms with E-state index in [4.69, 9.17) is 4.74 Å². The Morgan fingerprint density at radius 2 is 2.17 bits per heavy atom. The van der Waals surface area contributed by atoms with Crippen molar-refractivity contribution in [3.8, 4) is 0 Å². The third-order valence-corrected chi connectivity index (χ3v) is 4.23. The number of ether oxygens (including phenoxy) is 1. The van der Waals surface area contributed by atoms with Crippen LogP contribution in [0.5, 0.6) is 0 Å². The van der Waals surface area contributed by atoms with Crippen molar-refractivity contribution < 1.29 is 9.53 Å². The standard InChI is InChI=1S/C15H21NO2/c17-15(18-13-6-2-3-7-13)12-9-11-5-1-4-8-14(11)16-10-12/h4,8,12-13,16H,1-3,5-7,9-10H2. The minimum atomic E-state index is 0.00973. The Morgan fingerprint density at radius 3 is 3.00 bits per heavy atom. The summed E-state index contributed by atoms with van der Waals surface area (Å²) in [6, 6.07) is 0. The van der Waals surface area contributed by atoms with Crippen LogP contribution >= 0.6 is 0 Å². The number of carbonyl (C=O) groups is 1. The SMILES string of the molecule is O=C(OC1CCCC1)C1CNC2=C(CCC=C2)C1. The van der Waals surface area contributed by atoms with Gasteiger partial charge in [-0.3, -0.25) is 4.79 Å². The van der Waals surface area contributed by atoms with E-state index in [0.717, 1.165) is 38.6 Å². The van der Waals surface area contributed by atoms with E-state index in [1.807, 2.05) is 0 Å². The molecule has 0 bridgehead atoms. The number of hydrogen-bond donors (Lipinski definition) is 1. The second-order valence-electron chi connectivity index (χ2n) is 5.58. The second-order valence-corrected chi connectivity index (χ2v) is 5.58. The molecule has 1 saturated carbocycles. The molecule has 18 heavy (non-hydrogen) atoms. The van der Waals surface area contributed by atoms with Gasteiger partial charge in [0.25, 0.3) is 0 Å². The smallest absolute Gasteiger partial charge is 0.311 e. The number of carbonyl (C=O) groups excluding carboxylic acids is 1. The molecule has 3 heteroatoms. The average Bonchev–Trinajstić information content (AvgIpc) is 2.91. The zero-order chi connectivity index (χ0) is 12.4. The molecule has 0 spiro atoms. The highest BCUT2D eigenvalue weighted by molar-refractivity contribution is 5.74. The molecule has 1 aliphatic heterocycles. The normalized spacial score (nSPS) is 27.9. The highest BCUT2D eigenvalue weighted by Gasteiger charge is 2.29. The Balaban J connectivity index is 1.59. The van der Waals surface area contributed by atoms with Crippen molar-refractivity contribution in [2.75, 3.05) is 6.54 Å². The first-order valence-corrected chi connectivity index (χ1v) is 7.16. The minimum absolute atomic E-state index is 0.00973. The van der Waals surface area contributed by atoms with Crippen LogP contribution in [0.25, 0.3) is 0 Å². The predicted molar refractivity (Wildman–Crippen MR) is 69.9 cm³/mol. The maximum Gasteiger partial charge on any atom is 0.311 e. The van der Waals surface area contributed by atoms with Gasteiger partial charge in [0.1, 0.15) is 6.10 Å². The molecule has 1 unspecified atom stereocenters. The molecular weight excluding hydrogens is 226 g/mol. The number of rotatable bonds is 2. The lowest BCUT2D eigenvalue weighted by molar-refractivity contribution is -0.153. The van der Waals surface area contributed by atoms with Gasteiger partial charge in [0.2, 0.25) is 0 Å². The molecule has 3 nitrogen and oxygen atoms in total. The molecule has 0 amide bonds. The molecule has 2 aliphatic carbocycles. The molecule has 0 aromatic rings. The van der Waals surface area contributed by atoms with Gasteiger partial charge in [-0.2, -0.15) is 0 Å². The molecule has 0 radical (unpaired) electrons. The molecule has 3 aliphatic rings. The van der Waals surface area contributed by atoms with Gasteiger partial charge in [-0.25, -0.2) is 0 Å². The summed E-state index contributed by atoms with van der Waals surface area (Å²) in [5.41, 5.74) is 2.64. The van der Waals surface area contributed by atoms with Gasteiger partial charge in [-0.05, 0) is 56.6 Å². The van der Waals surface area contributed by atoms with Crippen molar-refractivity contribution in [3.63, 3.8) is 0 Å². The maximum atomic E-state index is 12.1. The van der Waals surface area contributed by atoms with Crippen LogP contribution in [0.4, 0.5) is 0 Å². The van der Waals surface area contributed by atoms with Crippen LogP contribution in [0.1, 0.15) is 44.9 Å². The third-order valence-electron chi connectivity index (χ3n) is 4.23. The Labute approximate surface area is 108 Å². The van der Waals surface area contributed by atoms with E-state index in [9.17, 15) is 4.79 Å². The van der Waals surface area contributed by atoms with E-state index in [1.54, 1.807) is 0 Å². The molecule has 0 aromatic heterocycles. The zero-order valence-electron chi connectivity index (χ0n) is 10.8. The lowest BCUT2D eigenvalue weighted by Crippen LogP contribution is -2.36. The zero-order valence-corrected chi connectivity index (χ0v) is 10.8. The quantitative estimate of drug-likeness (QED) is 0.762. The summed E-state index contributed by atoms with van der Waals surface area (Å²) in [5.74, 6) is 0.0337. The van der Waals surface area contributed by atoms with Crippen molar-refractivity contribution in [1.29, 1.82) is 0 Å². The van der Waals surface area contributed by atoms with E-state index in [2.05, 4.69) is 17.5 Å². The summed E-state index contributed by atoms with van der Waals surface area (Å²) < 4.78 is 5.61. The highest BCUT2D eigenvalue weighted by Crippen LogP contribution is 2.29. The Hall–Kier alpha value is -1.25. The largest absolute Gasteiger partial charge is 0.462 e. The molecule has 1 fully saturated rings. The van der Waals surface area contributed by atoms with Crippen molar-refractivity contribution in [3.05, 3.63) is 23.4 Å². The monoisotopic (exact) mass is 247 g/mol. The van der Waals surface area contributed by atoms with Crippen LogP contribution in [-0.2, 0) is 9.53 Å². The first-order valence-electron chi connectivity index (χ1n) is 7.16. The Kier molecular flexibility index (Phi) is 3.39. The van der Waals surface area contributed by atoms with Crippen molar-refractivity contribution in [1.82, 2.24) is 5.32 Å². The van der Waals surface area contributed by atoms with E-state index in [0.29, 0.717) is 0 Å². The van der Waals surface area contributed by atoms with Crippen LogP contribution in [0.2, 0.25) is 0 Å². The van der Waals surface area contributed by atoms with E-state index in [-0.39, 0.29) is 18.0 Å². The lowest BCUT2D eigenvalue weighted by atomic mass is 9.88. The number of nitrogens with one attached hydrogen (secondary N) is 1. The predicted octanol–water partition coefficient (Wildman–Crippen LogP) is 2.69. The summed E-state index contributed by atoms with van der Waals surface area (Å²) in [4.78, 5) is 12.1. The van der Waals surface area contributed by atoms with Gasteiger partial charge in [-0.1, -0.05) is 6.08 Å². The molecule has 1 atom stereocenters. The number of hydrogen-bond acceptors (Lipinski definition) is 3. The maximum absolute atomic E-state index is 12.1. The second kappa shape index (κ2) is 5.17. The van der Waals surface area contributed by atoms with Crippen molar-refractivity contribution in [2.24, 2.45) is 5.92 Å². The van der Waals surface area contributed by atoms with Crippen LogP contribution in [0.15, 0.2) is 23.4 Å². The van der Waals surface area contributed by atoms with E-state index in [1.165, 1.54) is 24.1 Å². The van der Waals surface area contributed by atoms with Crippen LogP contribution in [0, 0.1) is 5.92 Å². The fraction of sp³-hybridized carbons (Fsp3) is 0.667. The van der Waals surface area contributed by atoms with Gasteiger partial charge in [-0.15, -0.1) is 0 Å². The van der Waals surface area contributed by atoms with Gasteiger partial charge >= 0.3 is 5.97 Å². The molecular formula is C15H21NO2. The summed E-state index contributed by atoms with van der Waals surface area (Å²) >= 11 is 0. The van der Waals surface area contributed by atoms with Gasteiger partial charge in [0.05, 0.1) is 5.92 Å². The molecule has 3 rings (SSSR count). The Bertz CT molecular complexity index is 391. The highest BCUT2D eigenvalue weighted by atomic mass is 16.5. The topological polar surface area (TPSA) is 38.3 Å². The number of allylic oxidation sites excluding steroid dienone is 3. The molecule has 0 aromatic carbocycles. The number of esters is 1. The van der Waals surface area contributed by atoms with E-state index < -0.39 is 0 Å². The molecule has 0 saturated heterocycles. The summed E-state index contributed by atoms with van der Waals surface area (Å²) in [6.45, 7) is 0.731. The van der Waals surface area contributed by atoms with Crippen LogP contribution in [0.3, 0.4) is 0 Å². The fourth-order valence-electron chi connectivity index (χ4n) is 3.14. The van der Waals surface area contributed by atoms with Crippen molar-refractivity contribution >= 4 is 5.97 Å². The summed E-state index contributed by atoms with van der Waals surface area (Å²) in [7, 11) is 0. The van der Waals surface area contributed by atoms with Crippen LogP contribution < -0.4 is 5.32 Å². The van der Waals surface area contributed by atoms with Gasteiger partial charge in [0, 0.05) is 12.2 Å². The molecule has 98 valence electrons. The lowest BCUT2D eigenvalue weighted by Gasteiger charge is -2.28. The Morgan fingerprint density at radius 1 is 1.33 bits per heavy atom. The van der Waals surface area contributed by atoms with Crippen molar-refractivity contribution in [2.45, 2.75) is 51.0 Å². The van der Waals surface area contributed by atoms with Gasteiger partial charge in [0.15, 0.2) is 0 Å². The van der Waals surface area contributed by atoms with E-state index >= 15 is 0 Å². The minimum Gasteiger partial charge on any atom is -0.462 e. The first-order chi connectivity index (χ1) is 8.83. The van der Waals surface area contributed by atoms with Crippen LogP contribution in [-0.4, -0.2) is 18.6 Å². The average molecular weight is 247 g/mol. The fourth-order valence-corrected chi connectivity index (χ4v) is 3.14. The third kappa shape index (κ3) is 2.45. The van der Waals surface area contributed by atoms with Gasteiger partial charge < -0.3 is 10.1 Å².